The first kappa shape index (κ1) is 16.2. The summed E-state index contributed by atoms with van der Waals surface area (Å²) in [6.45, 7) is 3.25. The second-order valence-corrected chi connectivity index (χ2v) is 3.85. The minimum atomic E-state index is -1.17. The van der Waals surface area contributed by atoms with Gasteiger partial charge in [-0.1, -0.05) is 0 Å². The van der Waals surface area contributed by atoms with E-state index in [0.717, 1.165) is 0 Å². The van der Waals surface area contributed by atoms with Crippen molar-refractivity contribution in [2.75, 3.05) is 20.2 Å². The quantitative estimate of drug-likeness (QED) is 0.464. The van der Waals surface area contributed by atoms with Gasteiger partial charge < -0.3 is 25.8 Å². The third-order valence-corrected chi connectivity index (χ3v) is 1.87. The highest BCUT2D eigenvalue weighted by molar-refractivity contribution is 5.84. The van der Waals surface area contributed by atoms with Gasteiger partial charge in [-0.15, -0.1) is 0 Å². The number of carboxylic acid groups (broad SMARTS) is 1. The van der Waals surface area contributed by atoms with Crippen molar-refractivity contribution < 1.29 is 24.2 Å². The molecule has 0 heterocycles. The van der Waals surface area contributed by atoms with Crippen molar-refractivity contribution >= 4 is 17.9 Å². The molecule has 0 aliphatic rings. The SMILES string of the molecule is COC(CNC(=O)NCC(=O)NC(C)C)C(=O)O. The van der Waals surface area contributed by atoms with Crippen LogP contribution in [0.3, 0.4) is 0 Å². The van der Waals surface area contributed by atoms with Gasteiger partial charge in [-0.2, -0.15) is 0 Å². The predicted octanol–water partition coefficient (Wildman–Crippen LogP) is -1.09. The summed E-state index contributed by atoms with van der Waals surface area (Å²) in [5.74, 6) is -1.49. The number of hydrogen-bond acceptors (Lipinski definition) is 4. The van der Waals surface area contributed by atoms with Gasteiger partial charge in [-0.05, 0) is 13.8 Å². The Morgan fingerprint density at radius 3 is 2.28 bits per heavy atom. The number of carboxylic acids is 1. The van der Waals surface area contributed by atoms with Crippen molar-refractivity contribution in [1.82, 2.24) is 16.0 Å². The highest BCUT2D eigenvalue weighted by Crippen LogP contribution is 1.87. The summed E-state index contributed by atoms with van der Waals surface area (Å²) in [5, 5.41) is 15.8. The van der Waals surface area contributed by atoms with Crippen molar-refractivity contribution in [3.8, 4) is 0 Å². The first-order valence-electron chi connectivity index (χ1n) is 5.43. The number of methoxy groups -OCH3 is 1. The Bertz CT molecular complexity index is 306. The molecule has 3 amide bonds. The molecule has 0 bridgehead atoms. The molecule has 0 saturated heterocycles. The number of carbonyl (C=O) groups is 3. The van der Waals surface area contributed by atoms with Crippen LogP contribution in [0.25, 0.3) is 0 Å². The van der Waals surface area contributed by atoms with Gasteiger partial charge in [0.05, 0.1) is 13.1 Å². The molecule has 8 nitrogen and oxygen atoms in total. The molecular formula is C10H19N3O5. The maximum atomic E-state index is 11.2. The fraction of sp³-hybridized carbons (Fsp3) is 0.700. The Labute approximate surface area is 105 Å². The average Bonchev–Trinajstić information content (AvgIpc) is 2.25. The van der Waals surface area contributed by atoms with Crippen molar-refractivity contribution in [2.45, 2.75) is 26.0 Å². The molecule has 0 spiro atoms. The minimum absolute atomic E-state index is 0.00718. The summed E-state index contributed by atoms with van der Waals surface area (Å²) >= 11 is 0. The highest BCUT2D eigenvalue weighted by atomic mass is 16.5. The average molecular weight is 261 g/mol. The van der Waals surface area contributed by atoms with E-state index < -0.39 is 18.1 Å². The topological polar surface area (TPSA) is 117 Å². The number of hydrogen-bond donors (Lipinski definition) is 4. The van der Waals surface area contributed by atoms with E-state index in [9.17, 15) is 14.4 Å². The Morgan fingerprint density at radius 1 is 1.22 bits per heavy atom. The van der Waals surface area contributed by atoms with Crippen LogP contribution in [0, 0.1) is 0 Å². The van der Waals surface area contributed by atoms with E-state index in [0.29, 0.717) is 0 Å². The third-order valence-electron chi connectivity index (χ3n) is 1.87. The van der Waals surface area contributed by atoms with Crippen LogP contribution in [0.15, 0.2) is 0 Å². The van der Waals surface area contributed by atoms with E-state index in [4.69, 9.17) is 5.11 Å². The Hall–Kier alpha value is -1.83. The zero-order valence-electron chi connectivity index (χ0n) is 10.6. The number of aliphatic carboxylic acids is 1. The molecule has 0 fully saturated rings. The summed E-state index contributed by atoms with van der Waals surface area (Å²) in [6, 6.07) is -0.635. The van der Waals surface area contributed by atoms with Gasteiger partial charge in [-0.25, -0.2) is 9.59 Å². The fourth-order valence-corrected chi connectivity index (χ4v) is 1.05. The molecule has 0 aromatic carbocycles. The molecule has 8 heteroatoms. The molecule has 18 heavy (non-hydrogen) atoms. The first-order chi connectivity index (χ1) is 8.36. The monoisotopic (exact) mass is 261 g/mol. The van der Waals surface area contributed by atoms with Crippen molar-refractivity contribution in [2.24, 2.45) is 0 Å². The molecule has 0 rings (SSSR count). The second kappa shape index (κ2) is 8.29. The molecule has 1 unspecified atom stereocenters. The Kier molecular flexibility index (Phi) is 7.45. The van der Waals surface area contributed by atoms with Crippen LogP contribution in [-0.4, -0.2) is 55.4 Å². The maximum absolute atomic E-state index is 11.2. The van der Waals surface area contributed by atoms with Crippen LogP contribution in [-0.2, 0) is 14.3 Å². The lowest BCUT2D eigenvalue weighted by Crippen LogP contribution is -2.46. The zero-order valence-corrected chi connectivity index (χ0v) is 10.6. The van der Waals surface area contributed by atoms with Crippen molar-refractivity contribution in [3.05, 3.63) is 0 Å². The first-order valence-corrected chi connectivity index (χ1v) is 5.43. The van der Waals surface area contributed by atoms with E-state index in [1.807, 2.05) is 0 Å². The van der Waals surface area contributed by atoms with Crippen LogP contribution in [0.2, 0.25) is 0 Å². The van der Waals surface area contributed by atoms with Crippen LogP contribution in [0.1, 0.15) is 13.8 Å². The van der Waals surface area contributed by atoms with E-state index in [2.05, 4.69) is 20.7 Å². The summed E-state index contributed by atoms with van der Waals surface area (Å²) in [4.78, 5) is 33.0. The Morgan fingerprint density at radius 2 is 1.83 bits per heavy atom. The van der Waals surface area contributed by atoms with Gasteiger partial charge >= 0.3 is 12.0 Å². The summed E-state index contributed by atoms with van der Waals surface area (Å²) in [6.07, 6.45) is -1.11. The summed E-state index contributed by atoms with van der Waals surface area (Å²) in [7, 11) is 1.23. The number of rotatable bonds is 7. The molecule has 1 atom stereocenters. The van der Waals surface area contributed by atoms with E-state index in [1.54, 1.807) is 13.8 Å². The number of carbonyl (C=O) groups excluding carboxylic acids is 2. The lowest BCUT2D eigenvalue weighted by atomic mass is 10.3. The standard InChI is InChI=1S/C10H19N3O5/c1-6(2)13-8(14)5-12-10(17)11-4-7(18-3)9(15)16/h6-7H,4-5H2,1-3H3,(H,13,14)(H,15,16)(H2,11,12,17). The van der Waals surface area contributed by atoms with E-state index in [-0.39, 0.29) is 25.0 Å². The summed E-state index contributed by atoms with van der Waals surface area (Å²) < 4.78 is 4.62. The molecule has 4 N–H and O–H groups in total. The minimum Gasteiger partial charge on any atom is -0.479 e. The van der Waals surface area contributed by atoms with Gasteiger partial charge in [0, 0.05) is 13.2 Å². The van der Waals surface area contributed by atoms with Crippen LogP contribution < -0.4 is 16.0 Å². The van der Waals surface area contributed by atoms with Crippen LogP contribution in [0.4, 0.5) is 4.79 Å². The number of nitrogens with one attached hydrogen (secondary N) is 3. The lowest BCUT2D eigenvalue weighted by Gasteiger charge is -2.13. The largest absolute Gasteiger partial charge is 0.479 e. The maximum Gasteiger partial charge on any atom is 0.334 e. The molecule has 0 radical (unpaired) electrons. The van der Waals surface area contributed by atoms with Crippen molar-refractivity contribution in [1.29, 1.82) is 0 Å². The third kappa shape index (κ3) is 7.44. The van der Waals surface area contributed by atoms with Crippen LogP contribution in [0.5, 0.6) is 0 Å². The number of urea groups is 1. The lowest BCUT2D eigenvalue weighted by molar-refractivity contribution is -0.148. The van der Waals surface area contributed by atoms with Gasteiger partial charge in [0.1, 0.15) is 0 Å². The smallest absolute Gasteiger partial charge is 0.334 e. The summed E-state index contributed by atoms with van der Waals surface area (Å²) in [5.41, 5.74) is 0. The fourth-order valence-electron chi connectivity index (χ4n) is 1.05. The van der Waals surface area contributed by atoms with E-state index in [1.165, 1.54) is 7.11 Å². The molecule has 0 aromatic rings. The second-order valence-electron chi connectivity index (χ2n) is 3.85. The predicted molar refractivity (Wildman–Crippen MR) is 63.1 cm³/mol. The normalized spacial score (nSPS) is 11.8. The molecule has 0 aromatic heterocycles. The van der Waals surface area contributed by atoms with Gasteiger partial charge in [0.25, 0.3) is 0 Å². The Balaban J connectivity index is 3.84. The van der Waals surface area contributed by atoms with Crippen molar-refractivity contribution in [3.63, 3.8) is 0 Å². The highest BCUT2D eigenvalue weighted by Gasteiger charge is 2.17. The van der Waals surface area contributed by atoms with Crippen LogP contribution >= 0.6 is 0 Å². The van der Waals surface area contributed by atoms with Gasteiger partial charge in [0.2, 0.25) is 5.91 Å². The van der Waals surface area contributed by atoms with Gasteiger partial charge in [0.15, 0.2) is 6.10 Å². The van der Waals surface area contributed by atoms with E-state index >= 15 is 0 Å². The van der Waals surface area contributed by atoms with Gasteiger partial charge in [-0.3, -0.25) is 4.79 Å². The molecule has 0 aliphatic heterocycles. The molecular weight excluding hydrogens is 242 g/mol. The molecule has 0 aliphatic carbocycles. The number of amides is 3. The zero-order chi connectivity index (χ0) is 14.1. The number of ether oxygens (including phenoxy) is 1. The molecule has 0 saturated carbocycles. The molecule has 104 valence electrons.